The molecule has 0 saturated carbocycles. The van der Waals surface area contributed by atoms with Crippen LogP contribution in [0.5, 0.6) is 0 Å². The molecule has 0 atom stereocenters. The van der Waals surface area contributed by atoms with Gasteiger partial charge >= 0.3 is 0 Å². The predicted molar refractivity (Wildman–Crippen MR) is 101 cm³/mol. The van der Waals surface area contributed by atoms with Crippen molar-refractivity contribution in [3.8, 4) is 0 Å². The number of nitrogens with two attached hydrogens (primary N) is 1. The molecule has 0 fully saturated rings. The number of anilines is 2. The number of nitrogens with zero attached hydrogens (tertiary/aromatic N) is 1. The van der Waals surface area contributed by atoms with Crippen molar-refractivity contribution in [2.45, 2.75) is 6.92 Å². The van der Waals surface area contributed by atoms with Gasteiger partial charge in [-0.15, -0.1) is 11.3 Å². The highest BCUT2D eigenvalue weighted by molar-refractivity contribution is 7.21. The van der Waals surface area contributed by atoms with Gasteiger partial charge in [-0.25, -0.2) is 4.98 Å². The summed E-state index contributed by atoms with van der Waals surface area (Å²) >= 11 is 1.32. The van der Waals surface area contributed by atoms with Gasteiger partial charge in [-0.2, -0.15) is 0 Å². The van der Waals surface area contributed by atoms with Crippen molar-refractivity contribution in [3.63, 3.8) is 0 Å². The van der Waals surface area contributed by atoms with Crippen molar-refractivity contribution in [3.05, 3.63) is 65.0 Å². The first-order chi connectivity index (χ1) is 11.6. The zero-order chi connectivity index (χ0) is 16.7. The van der Waals surface area contributed by atoms with Crippen LogP contribution in [-0.4, -0.2) is 10.9 Å². The van der Waals surface area contributed by atoms with Gasteiger partial charge in [0.25, 0.3) is 5.91 Å². The number of carbonyl (C=O) groups excluding carboxylic acids is 1. The van der Waals surface area contributed by atoms with Crippen molar-refractivity contribution in [1.82, 2.24) is 4.98 Å². The largest absolute Gasteiger partial charge is 0.397 e. The monoisotopic (exact) mass is 333 g/mol. The molecule has 4 nitrogen and oxygen atoms in total. The number of carbonyl (C=O) groups is 1. The number of rotatable bonds is 2. The van der Waals surface area contributed by atoms with Gasteiger partial charge in [-0.05, 0) is 31.2 Å². The molecular weight excluding hydrogens is 318 g/mol. The summed E-state index contributed by atoms with van der Waals surface area (Å²) in [5.41, 5.74) is 9.50. The molecule has 5 heteroatoms. The Kier molecular flexibility index (Phi) is 3.43. The number of para-hydroxylation sites is 1. The summed E-state index contributed by atoms with van der Waals surface area (Å²) in [7, 11) is 0. The number of aromatic nitrogens is 1. The summed E-state index contributed by atoms with van der Waals surface area (Å²) in [5, 5.41) is 4.73. The summed E-state index contributed by atoms with van der Waals surface area (Å²) in [6.45, 7) is 2.01. The summed E-state index contributed by atoms with van der Waals surface area (Å²) in [5.74, 6) is -0.205. The number of hydrogen-bond donors (Lipinski definition) is 2. The first-order valence-corrected chi connectivity index (χ1v) is 8.39. The molecule has 0 unspecified atom stereocenters. The van der Waals surface area contributed by atoms with Gasteiger partial charge in [-0.3, -0.25) is 4.79 Å². The second kappa shape index (κ2) is 5.62. The summed E-state index contributed by atoms with van der Waals surface area (Å²) < 4.78 is 0. The molecule has 2 heterocycles. The predicted octanol–water partition coefficient (Wildman–Crippen LogP) is 4.59. The fourth-order valence-corrected chi connectivity index (χ4v) is 3.62. The summed E-state index contributed by atoms with van der Waals surface area (Å²) in [6, 6.07) is 17.5. The van der Waals surface area contributed by atoms with E-state index in [0.717, 1.165) is 32.4 Å². The standard InChI is InChI=1S/C19H15N3OS/c1-11-6-8-13(9-7-11)21-18(23)17-16(20)14-10-12-4-2-3-5-15(12)22-19(14)24-17/h2-10H,20H2,1H3,(H,21,23). The van der Waals surface area contributed by atoms with Crippen LogP contribution in [0.4, 0.5) is 11.4 Å². The van der Waals surface area contributed by atoms with Gasteiger partial charge in [0.15, 0.2) is 0 Å². The van der Waals surface area contributed by atoms with E-state index >= 15 is 0 Å². The maximum absolute atomic E-state index is 12.6. The molecule has 0 aliphatic heterocycles. The molecular formula is C19H15N3OS. The molecule has 4 aromatic rings. The maximum Gasteiger partial charge on any atom is 0.267 e. The number of fused-ring (bicyclic) bond motifs is 2. The van der Waals surface area contributed by atoms with Gasteiger partial charge in [-0.1, -0.05) is 35.9 Å². The zero-order valence-electron chi connectivity index (χ0n) is 13.0. The smallest absolute Gasteiger partial charge is 0.267 e. The van der Waals surface area contributed by atoms with E-state index in [0.29, 0.717) is 10.6 Å². The van der Waals surface area contributed by atoms with Crippen LogP contribution in [0.3, 0.4) is 0 Å². The number of nitrogen functional groups attached to an aromatic ring is 1. The molecule has 1 amide bonds. The molecule has 0 spiro atoms. The van der Waals surface area contributed by atoms with Crippen LogP contribution in [0.25, 0.3) is 21.1 Å². The Balaban J connectivity index is 1.75. The minimum Gasteiger partial charge on any atom is -0.397 e. The van der Waals surface area contributed by atoms with E-state index in [4.69, 9.17) is 5.73 Å². The van der Waals surface area contributed by atoms with Crippen LogP contribution in [0, 0.1) is 6.92 Å². The topological polar surface area (TPSA) is 68.0 Å². The first kappa shape index (κ1) is 14.7. The number of hydrogen-bond acceptors (Lipinski definition) is 4. The van der Waals surface area contributed by atoms with Crippen molar-refractivity contribution < 1.29 is 4.79 Å². The van der Waals surface area contributed by atoms with Gasteiger partial charge in [0, 0.05) is 16.5 Å². The molecule has 0 bridgehead atoms. The number of aryl methyl sites for hydroxylation is 1. The van der Waals surface area contributed by atoms with E-state index in [9.17, 15) is 4.79 Å². The normalized spacial score (nSPS) is 11.0. The average molecular weight is 333 g/mol. The van der Waals surface area contributed by atoms with Crippen molar-refractivity contribution in [2.24, 2.45) is 0 Å². The maximum atomic E-state index is 12.6. The van der Waals surface area contributed by atoms with E-state index in [1.54, 1.807) is 0 Å². The molecule has 0 aliphatic carbocycles. The average Bonchev–Trinajstić information content (AvgIpc) is 2.91. The lowest BCUT2D eigenvalue weighted by Gasteiger charge is -2.04. The number of amides is 1. The fourth-order valence-electron chi connectivity index (χ4n) is 2.64. The molecule has 0 radical (unpaired) electrons. The minimum atomic E-state index is -0.205. The Hall–Kier alpha value is -2.92. The third-order valence-electron chi connectivity index (χ3n) is 3.94. The van der Waals surface area contributed by atoms with Gasteiger partial charge in [0.05, 0.1) is 11.2 Å². The van der Waals surface area contributed by atoms with E-state index in [2.05, 4.69) is 10.3 Å². The lowest BCUT2D eigenvalue weighted by molar-refractivity contribution is 0.103. The molecule has 118 valence electrons. The van der Waals surface area contributed by atoms with Crippen molar-refractivity contribution in [2.75, 3.05) is 11.1 Å². The van der Waals surface area contributed by atoms with E-state index in [1.807, 2.05) is 61.5 Å². The van der Waals surface area contributed by atoms with E-state index in [-0.39, 0.29) is 5.91 Å². The Labute approximate surface area is 142 Å². The highest BCUT2D eigenvalue weighted by Crippen LogP contribution is 2.34. The van der Waals surface area contributed by atoms with Gasteiger partial charge in [0.2, 0.25) is 0 Å². The Morgan fingerprint density at radius 3 is 2.67 bits per heavy atom. The van der Waals surface area contributed by atoms with Crippen LogP contribution >= 0.6 is 11.3 Å². The van der Waals surface area contributed by atoms with Crippen molar-refractivity contribution >= 4 is 49.7 Å². The van der Waals surface area contributed by atoms with Crippen LogP contribution in [0.1, 0.15) is 15.2 Å². The zero-order valence-corrected chi connectivity index (χ0v) is 13.9. The molecule has 24 heavy (non-hydrogen) atoms. The minimum absolute atomic E-state index is 0.205. The number of benzene rings is 2. The highest BCUT2D eigenvalue weighted by Gasteiger charge is 2.18. The lowest BCUT2D eigenvalue weighted by Crippen LogP contribution is -2.11. The van der Waals surface area contributed by atoms with Crippen LogP contribution in [0.15, 0.2) is 54.6 Å². The molecule has 0 aliphatic rings. The third-order valence-corrected chi connectivity index (χ3v) is 5.05. The first-order valence-electron chi connectivity index (χ1n) is 7.57. The van der Waals surface area contributed by atoms with Gasteiger partial charge in [0.1, 0.15) is 9.71 Å². The second-order valence-electron chi connectivity index (χ2n) is 5.70. The van der Waals surface area contributed by atoms with E-state index < -0.39 is 0 Å². The summed E-state index contributed by atoms with van der Waals surface area (Å²) in [6.07, 6.45) is 0. The van der Waals surface area contributed by atoms with Gasteiger partial charge < -0.3 is 11.1 Å². The number of thiophene rings is 1. The summed E-state index contributed by atoms with van der Waals surface area (Å²) in [4.78, 5) is 18.5. The molecule has 4 rings (SSSR count). The molecule has 2 aromatic heterocycles. The fraction of sp³-hybridized carbons (Fsp3) is 0.0526. The number of pyridine rings is 1. The molecule has 3 N–H and O–H groups in total. The Morgan fingerprint density at radius 2 is 1.88 bits per heavy atom. The quantitative estimate of drug-likeness (QED) is 0.563. The van der Waals surface area contributed by atoms with Crippen molar-refractivity contribution in [1.29, 1.82) is 0 Å². The van der Waals surface area contributed by atoms with Crippen LogP contribution in [0.2, 0.25) is 0 Å². The molecule has 2 aromatic carbocycles. The third kappa shape index (κ3) is 2.49. The molecule has 0 saturated heterocycles. The SMILES string of the molecule is Cc1ccc(NC(=O)c2sc3nc4ccccc4cc3c2N)cc1. The second-order valence-corrected chi connectivity index (χ2v) is 6.70. The lowest BCUT2D eigenvalue weighted by atomic mass is 10.1. The van der Waals surface area contributed by atoms with Crippen LogP contribution in [-0.2, 0) is 0 Å². The van der Waals surface area contributed by atoms with E-state index in [1.165, 1.54) is 11.3 Å². The Bertz CT molecular complexity index is 1070. The number of nitrogens with one attached hydrogen (secondary N) is 1. The van der Waals surface area contributed by atoms with Crippen LogP contribution < -0.4 is 11.1 Å². The highest BCUT2D eigenvalue weighted by atomic mass is 32.1. The Morgan fingerprint density at radius 1 is 1.12 bits per heavy atom.